The highest BCUT2D eigenvalue weighted by atomic mass is 16.5. The predicted octanol–water partition coefficient (Wildman–Crippen LogP) is 2.12. The van der Waals surface area contributed by atoms with Gasteiger partial charge >= 0.3 is 0 Å². The first-order valence-electron chi connectivity index (χ1n) is 4.20. The number of aromatic nitrogens is 1. The number of nitriles is 1. The lowest BCUT2D eigenvalue weighted by molar-refractivity contribution is 0.265. The van der Waals surface area contributed by atoms with Gasteiger partial charge in [-0.1, -0.05) is 0 Å². The Hall–Kier alpha value is -2.02. The minimum atomic E-state index is -0.529. The van der Waals surface area contributed by atoms with Crippen molar-refractivity contribution in [1.29, 1.82) is 5.26 Å². The molecule has 0 saturated heterocycles. The maximum absolute atomic E-state index is 8.59. The summed E-state index contributed by atoms with van der Waals surface area (Å²) in [5.41, 5.74) is 0.578. The van der Waals surface area contributed by atoms with Gasteiger partial charge in [0.25, 0.3) is 5.88 Å². The molecule has 0 amide bonds. The van der Waals surface area contributed by atoms with Gasteiger partial charge in [-0.2, -0.15) is 5.26 Å². The largest absolute Gasteiger partial charge is 0.459 e. The molecule has 4 nitrogen and oxygen atoms in total. The summed E-state index contributed by atoms with van der Waals surface area (Å²) in [5, 5.41) is 9.50. The fourth-order valence-electron chi connectivity index (χ4n) is 1.15. The Kier molecular flexibility index (Phi) is 2.07. The van der Waals surface area contributed by atoms with E-state index in [-0.39, 0.29) is 0 Å². The van der Waals surface area contributed by atoms with Gasteiger partial charge < -0.3 is 9.15 Å². The first-order valence-corrected chi connectivity index (χ1v) is 4.20. The van der Waals surface area contributed by atoms with Crippen molar-refractivity contribution in [2.75, 3.05) is 0 Å². The second-order valence-electron chi connectivity index (χ2n) is 2.84. The number of hydrogen-bond donors (Lipinski definition) is 0. The molecule has 0 saturated carbocycles. The van der Waals surface area contributed by atoms with Crippen LogP contribution in [0, 0.1) is 11.3 Å². The topological polar surface area (TPSA) is 59.0 Å². The van der Waals surface area contributed by atoms with Crippen molar-refractivity contribution in [1.82, 2.24) is 4.98 Å². The molecule has 2 aromatic heterocycles. The Bertz CT molecular complexity index is 484. The molecular formula is C10H8N2O2. The molecule has 0 radical (unpaired) electrons. The summed E-state index contributed by atoms with van der Waals surface area (Å²) in [4.78, 5) is 4.00. The van der Waals surface area contributed by atoms with E-state index in [4.69, 9.17) is 14.4 Å². The Labute approximate surface area is 80.7 Å². The van der Waals surface area contributed by atoms with Crippen molar-refractivity contribution < 1.29 is 9.15 Å². The highest BCUT2D eigenvalue weighted by molar-refractivity contribution is 5.80. The van der Waals surface area contributed by atoms with Crippen molar-refractivity contribution in [3.05, 3.63) is 24.6 Å². The Balaban J connectivity index is 2.42. The van der Waals surface area contributed by atoms with Gasteiger partial charge in [-0.25, -0.2) is 4.98 Å². The van der Waals surface area contributed by atoms with Gasteiger partial charge in [0, 0.05) is 11.6 Å². The fraction of sp³-hybridized carbons (Fsp3) is 0.200. The van der Waals surface area contributed by atoms with E-state index in [1.54, 1.807) is 19.4 Å². The summed E-state index contributed by atoms with van der Waals surface area (Å²) in [6.45, 7) is 1.66. The third-order valence-corrected chi connectivity index (χ3v) is 1.81. The van der Waals surface area contributed by atoms with E-state index < -0.39 is 6.10 Å². The third kappa shape index (κ3) is 1.40. The smallest absolute Gasteiger partial charge is 0.259 e. The highest BCUT2D eigenvalue weighted by Gasteiger charge is 2.09. The van der Waals surface area contributed by atoms with Crippen LogP contribution in [0.3, 0.4) is 0 Å². The number of rotatable bonds is 2. The highest BCUT2D eigenvalue weighted by Crippen LogP contribution is 2.24. The van der Waals surface area contributed by atoms with Crippen molar-refractivity contribution >= 4 is 11.0 Å². The van der Waals surface area contributed by atoms with Crippen LogP contribution in [0.2, 0.25) is 0 Å². The minimum absolute atomic E-state index is 0.363. The molecule has 1 unspecified atom stereocenters. The minimum Gasteiger partial charge on any atom is -0.459 e. The third-order valence-electron chi connectivity index (χ3n) is 1.81. The van der Waals surface area contributed by atoms with Gasteiger partial charge in [-0.05, 0) is 19.1 Å². The molecule has 4 heteroatoms. The maximum Gasteiger partial charge on any atom is 0.259 e. The van der Waals surface area contributed by atoms with E-state index in [1.807, 2.05) is 18.2 Å². The van der Waals surface area contributed by atoms with Crippen LogP contribution in [0.25, 0.3) is 11.0 Å². The molecule has 1 atom stereocenters. The van der Waals surface area contributed by atoms with E-state index >= 15 is 0 Å². The summed E-state index contributed by atoms with van der Waals surface area (Å²) in [6.07, 6.45) is 2.66. The van der Waals surface area contributed by atoms with Gasteiger partial charge in [0.15, 0.2) is 11.7 Å². The van der Waals surface area contributed by atoms with E-state index in [0.29, 0.717) is 11.5 Å². The molecule has 0 spiro atoms. The van der Waals surface area contributed by atoms with E-state index in [1.165, 1.54) is 0 Å². The van der Waals surface area contributed by atoms with Crippen LogP contribution in [0.15, 0.2) is 29.0 Å². The van der Waals surface area contributed by atoms with Crippen LogP contribution < -0.4 is 4.74 Å². The normalized spacial score (nSPS) is 12.3. The Morgan fingerprint density at radius 2 is 2.43 bits per heavy atom. The molecule has 0 fully saturated rings. The Morgan fingerprint density at radius 3 is 3.21 bits per heavy atom. The lowest BCUT2D eigenvalue weighted by Crippen LogP contribution is -2.09. The second kappa shape index (κ2) is 3.38. The summed E-state index contributed by atoms with van der Waals surface area (Å²) in [6, 6.07) is 5.61. The van der Waals surface area contributed by atoms with E-state index in [2.05, 4.69) is 4.98 Å². The standard InChI is InChI=1S/C10H8N2O2/c1-7(6-11)14-10-9-8(2-4-12-10)3-5-13-9/h2-5,7H,1H3. The molecule has 0 bridgehead atoms. The summed E-state index contributed by atoms with van der Waals surface area (Å²) >= 11 is 0. The molecule has 0 aliphatic rings. The number of ether oxygens (including phenoxy) is 1. The molecule has 0 aliphatic heterocycles. The summed E-state index contributed by atoms with van der Waals surface area (Å²) < 4.78 is 10.5. The number of hydrogen-bond acceptors (Lipinski definition) is 4. The quantitative estimate of drug-likeness (QED) is 0.724. The summed E-state index contributed by atoms with van der Waals surface area (Å²) in [7, 11) is 0. The summed E-state index contributed by atoms with van der Waals surface area (Å²) in [5.74, 6) is 0.363. The molecule has 14 heavy (non-hydrogen) atoms. The van der Waals surface area contributed by atoms with Crippen LogP contribution in [0.4, 0.5) is 0 Å². The average molecular weight is 188 g/mol. The van der Waals surface area contributed by atoms with Gasteiger partial charge in [0.05, 0.1) is 6.26 Å². The van der Waals surface area contributed by atoms with Crippen LogP contribution >= 0.6 is 0 Å². The van der Waals surface area contributed by atoms with E-state index in [9.17, 15) is 0 Å². The van der Waals surface area contributed by atoms with Crippen LogP contribution in [-0.2, 0) is 0 Å². The van der Waals surface area contributed by atoms with Crippen LogP contribution in [0.5, 0.6) is 5.88 Å². The molecule has 0 aliphatic carbocycles. The average Bonchev–Trinajstić information content (AvgIpc) is 2.66. The second-order valence-corrected chi connectivity index (χ2v) is 2.84. The zero-order valence-electron chi connectivity index (χ0n) is 7.60. The lowest BCUT2D eigenvalue weighted by Gasteiger charge is -2.05. The SMILES string of the molecule is CC(C#N)Oc1nccc2ccoc12. The molecule has 2 rings (SSSR count). The van der Waals surface area contributed by atoms with E-state index in [0.717, 1.165) is 5.39 Å². The molecule has 70 valence electrons. The van der Waals surface area contributed by atoms with Crippen molar-refractivity contribution in [3.63, 3.8) is 0 Å². The lowest BCUT2D eigenvalue weighted by atomic mass is 10.3. The van der Waals surface area contributed by atoms with Gasteiger partial charge in [-0.15, -0.1) is 0 Å². The first kappa shape index (κ1) is 8.57. The van der Waals surface area contributed by atoms with Gasteiger partial charge in [0.2, 0.25) is 0 Å². The first-order chi connectivity index (χ1) is 6.81. The molecular weight excluding hydrogens is 180 g/mol. The monoisotopic (exact) mass is 188 g/mol. The Morgan fingerprint density at radius 1 is 1.57 bits per heavy atom. The predicted molar refractivity (Wildman–Crippen MR) is 49.7 cm³/mol. The molecule has 2 aromatic rings. The number of pyridine rings is 1. The van der Waals surface area contributed by atoms with Crippen LogP contribution in [0.1, 0.15) is 6.92 Å². The zero-order valence-corrected chi connectivity index (χ0v) is 7.60. The number of fused-ring (bicyclic) bond motifs is 1. The maximum atomic E-state index is 8.59. The van der Waals surface area contributed by atoms with Crippen molar-refractivity contribution in [2.45, 2.75) is 13.0 Å². The fourth-order valence-corrected chi connectivity index (χ4v) is 1.15. The van der Waals surface area contributed by atoms with Gasteiger partial charge in [-0.3, -0.25) is 0 Å². The molecule has 0 aromatic carbocycles. The van der Waals surface area contributed by atoms with Crippen molar-refractivity contribution in [2.24, 2.45) is 0 Å². The van der Waals surface area contributed by atoms with Crippen molar-refractivity contribution in [3.8, 4) is 11.9 Å². The zero-order chi connectivity index (χ0) is 9.97. The molecule has 2 heterocycles. The number of furan rings is 1. The van der Waals surface area contributed by atoms with Crippen LogP contribution in [-0.4, -0.2) is 11.1 Å². The van der Waals surface area contributed by atoms with Gasteiger partial charge in [0.1, 0.15) is 6.07 Å². The number of nitrogens with zero attached hydrogens (tertiary/aromatic N) is 2. The molecule has 0 N–H and O–H groups in total.